The molecule has 3 heterocycles. The minimum atomic E-state index is -0.122. The van der Waals surface area contributed by atoms with Gasteiger partial charge in [0, 0.05) is 43.1 Å². The average Bonchev–Trinajstić information content (AvgIpc) is 1.11. The second-order valence-corrected chi connectivity index (χ2v) is 28.8. The zero-order valence-corrected chi connectivity index (χ0v) is 52.4. The number of hydrogen-bond donors (Lipinski definition) is 0. The third-order valence-electron chi connectivity index (χ3n) is 19.0. The molecule has 0 fully saturated rings. The number of nitrogens with zero attached hydrogens (tertiary/aromatic N) is 2. The van der Waals surface area contributed by atoms with Gasteiger partial charge in [-0.15, -0.1) is 11.3 Å². The predicted octanol–water partition coefficient (Wildman–Crippen LogP) is 22.1. The van der Waals surface area contributed by atoms with E-state index in [1.54, 1.807) is 0 Å². The van der Waals surface area contributed by atoms with Crippen LogP contribution in [0.2, 0.25) is 0 Å². The molecule has 0 radical (unpaired) electrons. The van der Waals surface area contributed by atoms with Gasteiger partial charge in [0.1, 0.15) is 0 Å². The Hall–Kier alpha value is -9.48. The minimum absolute atomic E-state index is 0.0793. The summed E-state index contributed by atoms with van der Waals surface area (Å²) in [6.45, 7) is 21.0. The van der Waals surface area contributed by atoms with Crippen LogP contribution >= 0.6 is 11.3 Å². The fourth-order valence-corrected chi connectivity index (χ4v) is 15.7. The van der Waals surface area contributed by atoms with E-state index >= 15 is 0 Å². The first-order valence-electron chi connectivity index (χ1n) is 31.3. The standard InChI is InChI=1S/C84H69BN2S/c1-82(2,3)62-38-42-72(67(49-62)54-26-17-12-18-27-54)87-75-48-61(66-31-20-19-30-65(66)53-24-15-11-16-25-53)47-74-79(75)85(81-80(87)69-51-64(84(7,8)9)39-43-76(69)88-81)70-46-57(52-22-13-10-14-23-52)36-40-73(70)86(74)71-41-37-63(83(4,5)6)50-68(71)60-44-58-34-32-55-28-21-29-56-33-35-59(45-60)78(58)77(55)56/h10-51H,1-9H3. The Morgan fingerprint density at radius 1 is 0.307 bits per heavy atom. The normalized spacial score (nSPS) is 13.2. The van der Waals surface area contributed by atoms with Crippen molar-refractivity contribution in [3.8, 4) is 55.6 Å². The Morgan fingerprint density at radius 2 is 0.761 bits per heavy atom. The monoisotopic (exact) mass is 1150 g/mol. The molecule has 424 valence electrons. The van der Waals surface area contributed by atoms with Crippen molar-refractivity contribution < 1.29 is 0 Å². The lowest BCUT2D eigenvalue weighted by Gasteiger charge is -2.44. The van der Waals surface area contributed by atoms with Crippen molar-refractivity contribution in [3.63, 3.8) is 0 Å². The molecule has 0 spiro atoms. The lowest BCUT2D eigenvalue weighted by atomic mass is 9.36. The molecule has 0 saturated carbocycles. The summed E-state index contributed by atoms with van der Waals surface area (Å²) < 4.78 is 2.64. The Kier molecular flexibility index (Phi) is 12.3. The predicted molar refractivity (Wildman–Crippen MR) is 383 cm³/mol. The van der Waals surface area contributed by atoms with E-state index in [0.29, 0.717) is 0 Å². The van der Waals surface area contributed by atoms with Crippen molar-refractivity contribution in [2.45, 2.75) is 78.6 Å². The summed E-state index contributed by atoms with van der Waals surface area (Å²) in [7, 11) is 0. The van der Waals surface area contributed by atoms with Crippen LogP contribution in [0.15, 0.2) is 255 Å². The van der Waals surface area contributed by atoms with Crippen LogP contribution in [0.25, 0.3) is 98.0 Å². The average molecular weight is 1150 g/mol. The largest absolute Gasteiger partial charge is 0.311 e. The molecule has 4 heteroatoms. The molecule has 2 nitrogen and oxygen atoms in total. The topological polar surface area (TPSA) is 6.48 Å². The molecule has 88 heavy (non-hydrogen) atoms. The fourth-order valence-electron chi connectivity index (χ4n) is 14.4. The van der Waals surface area contributed by atoms with Gasteiger partial charge in [0.2, 0.25) is 0 Å². The summed E-state index contributed by atoms with van der Waals surface area (Å²) in [5, 5.41) is 9.00. The summed E-state index contributed by atoms with van der Waals surface area (Å²) >= 11 is 1.98. The maximum Gasteiger partial charge on any atom is 0.264 e. The summed E-state index contributed by atoms with van der Waals surface area (Å²) in [6, 6.07) is 97.6. The van der Waals surface area contributed by atoms with E-state index in [1.807, 2.05) is 11.3 Å². The molecule has 16 rings (SSSR count). The van der Waals surface area contributed by atoms with Gasteiger partial charge in [-0.2, -0.15) is 0 Å². The van der Waals surface area contributed by atoms with Gasteiger partial charge in [0.05, 0.1) is 17.1 Å². The molecule has 0 unspecified atom stereocenters. The van der Waals surface area contributed by atoms with Gasteiger partial charge in [0.15, 0.2) is 0 Å². The van der Waals surface area contributed by atoms with Gasteiger partial charge < -0.3 is 9.80 Å². The molecule has 0 bridgehead atoms. The third-order valence-corrected chi connectivity index (χ3v) is 20.2. The molecular formula is C84H69BN2S. The van der Waals surface area contributed by atoms with Crippen LogP contribution in [-0.4, -0.2) is 6.71 Å². The molecule has 0 N–H and O–H groups in total. The van der Waals surface area contributed by atoms with Crippen LogP contribution in [0.5, 0.6) is 0 Å². The molecule has 14 aromatic rings. The second kappa shape index (κ2) is 20.0. The van der Waals surface area contributed by atoms with Crippen molar-refractivity contribution in [2.24, 2.45) is 0 Å². The van der Waals surface area contributed by atoms with Crippen LogP contribution in [0, 0.1) is 0 Å². The van der Waals surface area contributed by atoms with E-state index in [1.165, 1.54) is 148 Å². The molecule has 2 aliphatic heterocycles. The van der Waals surface area contributed by atoms with Crippen molar-refractivity contribution in [1.29, 1.82) is 0 Å². The van der Waals surface area contributed by atoms with E-state index in [0.717, 1.165) is 16.9 Å². The number of benzene rings is 13. The van der Waals surface area contributed by atoms with Crippen LogP contribution in [0.4, 0.5) is 34.1 Å². The van der Waals surface area contributed by atoms with E-state index in [2.05, 4.69) is 327 Å². The number of hydrogen-bond acceptors (Lipinski definition) is 3. The highest BCUT2D eigenvalue weighted by molar-refractivity contribution is 7.33. The SMILES string of the molecule is CC(C)(C)c1ccc(N2c3ccc(-c4ccccc4)cc3B3c4sc5ccc(C(C)(C)C)cc5c4N(c4ccc(C(C)(C)C)cc4-c4ccccc4)c4cc(-c5ccccc5-c5ccccc5)cc2c43)c(-c2cc3ccc4cccc5ccc(c2)c3c45)c1. The molecule has 1 aromatic heterocycles. The molecule has 0 amide bonds. The number of anilines is 6. The lowest BCUT2D eigenvalue weighted by molar-refractivity contribution is 0.590. The van der Waals surface area contributed by atoms with E-state index in [9.17, 15) is 0 Å². The maximum absolute atomic E-state index is 2.71. The highest BCUT2D eigenvalue weighted by Crippen LogP contribution is 2.54. The zero-order valence-electron chi connectivity index (χ0n) is 51.6. The Labute approximate surface area is 522 Å². The number of rotatable bonds is 7. The molecule has 2 aliphatic rings. The Balaban J connectivity index is 1.07. The van der Waals surface area contributed by atoms with Gasteiger partial charge in [-0.25, -0.2) is 0 Å². The Bertz CT molecular complexity index is 5030. The van der Waals surface area contributed by atoms with Crippen LogP contribution in [0.3, 0.4) is 0 Å². The van der Waals surface area contributed by atoms with Crippen LogP contribution in [0.1, 0.15) is 79.0 Å². The van der Waals surface area contributed by atoms with Gasteiger partial charge in [0.25, 0.3) is 6.71 Å². The smallest absolute Gasteiger partial charge is 0.264 e. The molecule has 0 saturated heterocycles. The lowest BCUT2D eigenvalue weighted by Crippen LogP contribution is -2.60. The molecular weight excluding hydrogens is 1080 g/mol. The third kappa shape index (κ3) is 8.74. The maximum atomic E-state index is 2.71. The van der Waals surface area contributed by atoms with Crippen molar-refractivity contribution >= 4 is 110 Å². The van der Waals surface area contributed by atoms with Crippen LogP contribution < -0.4 is 25.5 Å². The number of fused-ring (bicyclic) bond motifs is 6. The van der Waals surface area contributed by atoms with Gasteiger partial charge >= 0.3 is 0 Å². The van der Waals surface area contributed by atoms with E-state index in [4.69, 9.17) is 0 Å². The summed E-state index contributed by atoms with van der Waals surface area (Å²) in [5.74, 6) is 0. The van der Waals surface area contributed by atoms with E-state index in [-0.39, 0.29) is 23.0 Å². The van der Waals surface area contributed by atoms with Crippen molar-refractivity contribution in [3.05, 3.63) is 271 Å². The summed E-state index contributed by atoms with van der Waals surface area (Å²) in [4.78, 5) is 5.39. The van der Waals surface area contributed by atoms with E-state index < -0.39 is 0 Å². The molecule has 0 aliphatic carbocycles. The zero-order chi connectivity index (χ0) is 60.0. The second-order valence-electron chi connectivity index (χ2n) is 27.7. The van der Waals surface area contributed by atoms with Gasteiger partial charge in [-0.3, -0.25) is 0 Å². The van der Waals surface area contributed by atoms with Crippen molar-refractivity contribution in [2.75, 3.05) is 9.80 Å². The fraction of sp³-hybridized carbons (Fsp3) is 0.143. The molecule has 0 atom stereocenters. The summed E-state index contributed by atoms with van der Waals surface area (Å²) in [5.41, 5.74) is 25.3. The first-order valence-corrected chi connectivity index (χ1v) is 32.1. The first kappa shape index (κ1) is 54.0. The summed E-state index contributed by atoms with van der Waals surface area (Å²) in [6.07, 6.45) is 0. The van der Waals surface area contributed by atoms with Gasteiger partial charge in [-0.1, -0.05) is 250 Å². The quantitative estimate of drug-likeness (QED) is 0.116. The Morgan fingerprint density at radius 3 is 1.35 bits per heavy atom. The van der Waals surface area contributed by atoms with Crippen molar-refractivity contribution in [1.82, 2.24) is 0 Å². The highest BCUT2D eigenvalue weighted by Gasteiger charge is 2.47. The van der Waals surface area contributed by atoms with Crippen LogP contribution in [-0.2, 0) is 16.2 Å². The minimum Gasteiger partial charge on any atom is -0.311 e. The highest BCUT2D eigenvalue weighted by atomic mass is 32.1. The first-order chi connectivity index (χ1) is 42.5. The van der Waals surface area contributed by atoms with Gasteiger partial charge in [-0.05, 0) is 187 Å². The molecule has 13 aromatic carbocycles. The number of thiophene rings is 1.